The minimum Gasteiger partial charge on any atom is -0.493 e. The zero-order chi connectivity index (χ0) is 18.1. The summed E-state index contributed by atoms with van der Waals surface area (Å²) in [4.78, 5) is 0. The third-order valence-corrected chi connectivity index (χ3v) is 5.00. The van der Waals surface area contributed by atoms with Crippen molar-refractivity contribution in [1.29, 1.82) is 0 Å². The Bertz CT molecular complexity index is 712. The molecule has 1 aliphatic rings. The number of hydrogen-bond donors (Lipinski definition) is 0. The molecule has 25 heavy (non-hydrogen) atoms. The second-order valence-electron chi connectivity index (χ2n) is 7.35. The standard InChI is InChI=1S/C20H24BFO3/c1-19(2)20(3,4)25-21(24-19)16-9-11-17(12-10-16)23-14-13-15-7-5-6-8-18(15)22/h5-12H,13-14H2,1-4H3. The highest BCUT2D eigenvalue weighted by molar-refractivity contribution is 6.62. The van der Waals surface area contributed by atoms with Gasteiger partial charge in [-0.3, -0.25) is 0 Å². The molecule has 0 unspecified atom stereocenters. The highest BCUT2D eigenvalue weighted by Gasteiger charge is 2.51. The topological polar surface area (TPSA) is 27.7 Å². The molecule has 0 aromatic heterocycles. The van der Waals surface area contributed by atoms with Crippen LogP contribution in [0.1, 0.15) is 33.3 Å². The first-order chi connectivity index (χ1) is 11.8. The quantitative estimate of drug-likeness (QED) is 0.775. The van der Waals surface area contributed by atoms with E-state index in [1.165, 1.54) is 6.07 Å². The molecule has 0 atom stereocenters. The maximum absolute atomic E-state index is 13.6. The monoisotopic (exact) mass is 342 g/mol. The lowest BCUT2D eigenvalue weighted by molar-refractivity contribution is 0.00578. The van der Waals surface area contributed by atoms with Gasteiger partial charge < -0.3 is 14.0 Å². The Balaban J connectivity index is 1.57. The van der Waals surface area contributed by atoms with Crippen LogP contribution in [-0.4, -0.2) is 24.9 Å². The Kier molecular flexibility index (Phi) is 4.89. The molecule has 2 aromatic rings. The van der Waals surface area contributed by atoms with E-state index >= 15 is 0 Å². The molecule has 0 spiro atoms. The van der Waals surface area contributed by atoms with E-state index in [2.05, 4.69) is 0 Å². The summed E-state index contributed by atoms with van der Waals surface area (Å²) in [6, 6.07) is 14.4. The summed E-state index contributed by atoms with van der Waals surface area (Å²) in [5.41, 5.74) is 0.913. The van der Waals surface area contributed by atoms with Crippen LogP contribution in [0.4, 0.5) is 4.39 Å². The summed E-state index contributed by atoms with van der Waals surface area (Å²) in [6.45, 7) is 8.57. The molecule has 2 aromatic carbocycles. The molecule has 132 valence electrons. The second kappa shape index (κ2) is 6.81. The van der Waals surface area contributed by atoms with Crippen molar-refractivity contribution in [1.82, 2.24) is 0 Å². The number of benzene rings is 2. The molecule has 5 heteroatoms. The second-order valence-corrected chi connectivity index (χ2v) is 7.35. The van der Waals surface area contributed by atoms with E-state index in [1.807, 2.05) is 58.0 Å². The van der Waals surface area contributed by atoms with E-state index in [9.17, 15) is 4.39 Å². The highest BCUT2D eigenvalue weighted by Crippen LogP contribution is 2.36. The Labute approximate surface area is 149 Å². The van der Waals surface area contributed by atoms with Crippen LogP contribution < -0.4 is 10.2 Å². The van der Waals surface area contributed by atoms with Crippen LogP contribution in [0.2, 0.25) is 0 Å². The van der Waals surface area contributed by atoms with Gasteiger partial charge in [-0.25, -0.2) is 4.39 Å². The maximum Gasteiger partial charge on any atom is 0.494 e. The first-order valence-corrected chi connectivity index (χ1v) is 8.60. The Morgan fingerprint density at radius 2 is 1.52 bits per heavy atom. The number of ether oxygens (including phenoxy) is 1. The van der Waals surface area contributed by atoms with Crippen molar-refractivity contribution in [3.8, 4) is 5.75 Å². The molecular weight excluding hydrogens is 318 g/mol. The Morgan fingerprint density at radius 1 is 0.920 bits per heavy atom. The van der Waals surface area contributed by atoms with Gasteiger partial charge in [-0.05, 0) is 56.9 Å². The minimum absolute atomic E-state index is 0.192. The third kappa shape index (κ3) is 3.88. The third-order valence-electron chi connectivity index (χ3n) is 5.00. The van der Waals surface area contributed by atoms with Crippen molar-refractivity contribution >= 4 is 12.6 Å². The van der Waals surface area contributed by atoms with Gasteiger partial charge in [0.1, 0.15) is 11.6 Å². The van der Waals surface area contributed by atoms with Crippen LogP contribution in [0.5, 0.6) is 5.75 Å². The van der Waals surface area contributed by atoms with Crippen LogP contribution in [0.25, 0.3) is 0 Å². The molecule has 0 bridgehead atoms. The van der Waals surface area contributed by atoms with Crippen LogP contribution >= 0.6 is 0 Å². The maximum atomic E-state index is 13.6. The van der Waals surface area contributed by atoms with Crippen molar-refractivity contribution in [3.63, 3.8) is 0 Å². The van der Waals surface area contributed by atoms with E-state index in [4.69, 9.17) is 14.0 Å². The van der Waals surface area contributed by atoms with Gasteiger partial charge in [-0.1, -0.05) is 30.3 Å². The number of halogens is 1. The number of rotatable bonds is 5. The normalized spacial score (nSPS) is 18.4. The molecule has 1 aliphatic heterocycles. The first kappa shape index (κ1) is 18.0. The van der Waals surface area contributed by atoms with Crippen molar-refractivity contribution in [2.45, 2.75) is 45.3 Å². The van der Waals surface area contributed by atoms with E-state index in [0.29, 0.717) is 18.6 Å². The zero-order valence-electron chi connectivity index (χ0n) is 15.2. The van der Waals surface area contributed by atoms with Crippen molar-refractivity contribution in [2.24, 2.45) is 0 Å². The summed E-state index contributed by atoms with van der Waals surface area (Å²) >= 11 is 0. The van der Waals surface area contributed by atoms with Crippen molar-refractivity contribution in [3.05, 3.63) is 59.9 Å². The fourth-order valence-corrected chi connectivity index (χ4v) is 2.68. The molecular formula is C20H24BFO3. The lowest BCUT2D eigenvalue weighted by Gasteiger charge is -2.32. The molecule has 3 nitrogen and oxygen atoms in total. The SMILES string of the molecule is CC1(C)OB(c2ccc(OCCc3ccccc3F)cc2)OC1(C)C. The molecule has 1 saturated heterocycles. The summed E-state index contributed by atoms with van der Waals surface area (Å²) in [6.07, 6.45) is 0.533. The summed E-state index contributed by atoms with van der Waals surface area (Å²) < 4.78 is 31.4. The predicted molar refractivity (Wildman–Crippen MR) is 97.8 cm³/mol. The fraction of sp³-hybridized carbons (Fsp3) is 0.400. The van der Waals surface area contributed by atoms with E-state index in [-0.39, 0.29) is 24.1 Å². The average Bonchev–Trinajstić information content (AvgIpc) is 2.78. The molecule has 0 saturated carbocycles. The van der Waals surface area contributed by atoms with Gasteiger partial charge in [0, 0.05) is 6.42 Å². The fourth-order valence-electron chi connectivity index (χ4n) is 2.68. The highest BCUT2D eigenvalue weighted by atomic mass is 19.1. The van der Waals surface area contributed by atoms with Gasteiger partial charge in [-0.15, -0.1) is 0 Å². The summed E-state index contributed by atoms with van der Waals surface area (Å²) in [5, 5.41) is 0. The Hall–Kier alpha value is -1.85. The van der Waals surface area contributed by atoms with E-state index < -0.39 is 0 Å². The van der Waals surface area contributed by atoms with Crippen LogP contribution in [0.3, 0.4) is 0 Å². The summed E-state index contributed by atoms with van der Waals surface area (Å²) in [5.74, 6) is 0.554. The lowest BCUT2D eigenvalue weighted by atomic mass is 9.79. The van der Waals surface area contributed by atoms with Gasteiger partial charge in [-0.2, -0.15) is 0 Å². The Morgan fingerprint density at radius 3 is 2.12 bits per heavy atom. The van der Waals surface area contributed by atoms with Gasteiger partial charge in [0.2, 0.25) is 0 Å². The van der Waals surface area contributed by atoms with Crippen LogP contribution in [0, 0.1) is 5.82 Å². The minimum atomic E-state index is -0.377. The number of hydrogen-bond acceptors (Lipinski definition) is 3. The summed E-state index contributed by atoms with van der Waals surface area (Å²) in [7, 11) is -0.377. The van der Waals surface area contributed by atoms with Gasteiger partial charge in [0.15, 0.2) is 0 Å². The molecule has 1 fully saturated rings. The first-order valence-electron chi connectivity index (χ1n) is 8.60. The molecule has 0 N–H and O–H groups in total. The molecule has 0 radical (unpaired) electrons. The molecule has 0 amide bonds. The van der Waals surface area contributed by atoms with E-state index in [0.717, 1.165) is 11.2 Å². The smallest absolute Gasteiger partial charge is 0.493 e. The van der Waals surface area contributed by atoms with Crippen molar-refractivity contribution in [2.75, 3.05) is 6.61 Å². The van der Waals surface area contributed by atoms with Gasteiger partial charge in [0.05, 0.1) is 17.8 Å². The van der Waals surface area contributed by atoms with Crippen LogP contribution in [0.15, 0.2) is 48.5 Å². The van der Waals surface area contributed by atoms with E-state index in [1.54, 1.807) is 12.1 Å². The zero-order valence-corrected chi connectivity index (χ0v) is 15.2. The average molecular weight is 342 g/mol. The van der Waals surface area contributed by atoms with Crippen LogP contribution in [-0.2, 0) is 15.7 Å². The molecule has 3 rings (SSSR count). The largest absolute Gasteiger partial charge is 0.494 e. The molecule has 1 heterocycles. The van der Waals surface area contributed by atoms with Gasteiger partial charge >= 0.3 is 7.12 Å². The predicted octanol–water partition coefficient (Wildman–Crippen LogP) is 3.75. The lowest BCUT2D eigenvalue weighted by Crippen LogP contribution is -2.41. The molecule has 0 aliphatic carbocycles. The van der Waals surface area contributed by atoms with Crippen molar-refractivity contribution < 1.29 is 18.4 Å². The van der Waals surface area contributed by atoms with Gasteiger partial charge in [0.25, 0.3) is 0 Å².